The van der Waals surface area contributed by atoms with Crippen LogP contribution in [0.15, 0.2) is 30.6 Å². The molecule has 0 aliphatic rings. The number of hydrogen-bond acceptors (Lipinski definition) is 5. The smallest absolute Gasteiger partial charge is 0.149 e. The Kier molecular flexibility index (Phi) is 4.70. The molecule has 0 saturated heterocycles. The molecule has 2 aromatic rings. The maximum absolute atomic E-state index is 13.9. The van der Waals surface area contributed by atoms with E-state index in [9.17, 15) is 14.6 Å². The summed E-state index contributed by atoms with van der Waals surface area (Å²) in [7, 11) is 0. The summed E-state index contributed by atoms with van der Waals surface area (Å²) in [4.78, 5) is 10.1. The maximum atomic E-state index is 13.9. The SMILES string of the molecule is CC(C)CN(CO)c1cncc(-c2ccc(O)cc2F)n1. The Balaban J connectivity index is 2.36. The van der Waals surface area contributed by atoms with Crippen LogP contribution in [0.3, 0.4) is 0 Å². The van der Waals surface area contributed by atoms with Crippen LogP contribution >= 0.6 is 0 Å². The monoisotopic (exact) mass is 291 g/mol. The zero-order chi connectivity index (χ0) is 15.4. The highest BCUT2D eigenvalue weighted by Gasteiger charge is 2.13. The molecule has 0 unspecified atom stereocenters. The van der Waals surface area contributed by atoms with Gasteiger partial charge in [-0.25, -0.2) is 9.37 Å². The van der Waals surface area contributed by atoms with Crippen molar-refractivity contribution in [3.63, 3.8) is 0 Å². The largest absolute Gasteiger partial charge is 0.508 e. The third-order valence-electron chi connectivity index (χ3n) is 2.93. The predicted molar refractivity (Wildman–Crippen MR) is 78.4 cm³/mol. The van der Waals surface area contributed by atoms with E-state index in [0.29, 0.717) is 24.0 Å². The summed E-state index contributed by atoms with van der Waals surface area (Å²) in [6, 6.07) is 3.87. The van der Waals surface area contributed by atoms with Crippen molar-refractivity contribution in [1.29, 1.82) is 0 Å². The van der Waals surface area contributed by atoms with Gasteiger partial charge in [0.2, 0.25) is 0 Å². The van der Waals surface area contributed by atoms with Crippen LogP contribution in [-0.2, 0) is 0 Å². The van der Waals surface area contributed by atoms with Crippen molar-refractivity contribution in [2.24, 2.45) is 5.92 Å². The zero-order valence-corrected chi connectivity index (χ0v) is 12.0. The van der Waals surface area contributed by atoms with Crippen LogP contribution in [0, 0.1) is 11.7 Å². The molecule has 112 valence electrons. The first-order valence-electron chi connectivity index (χ1n) is 6.68. The van der Waals surface area contributed by atoms with E-state index in [1.807, 2.05) is 13.8 Å². The third-order valence-corrected chi connectivity index (χ3v) is 2.93. The molecule has 0 spiro atoms. The Bertz CT molecular complexity index is 620. The van der Waals surface area contributed by atoms with Crippen molar-refractivity contribution in [2.75, 3.05) is 18.2 Å². The summed E-state index contributed by atoms with van der Waals surface area (Å²) in [5, 5.41) is 18.7. The highest BCUT2D eigenvalue weighted by atomic mass is 19.1. The van der Waals surface area contributed by atoms with Gasteiger partial charge in [0.25, 0.3) is 0 Å². The van der Waals surface area contributed by atoms with Crippen LogP contribution in [0.1, 0.15) is 13.8 Å². The summed E-state index contributed by atoms with van der Waals surface area (Å²) in [5.41, 5.74) is 0.608. The summed E-state index contributed by atoms with van der Waals surface area (Å²) < 4.78 is 13.9. The van der Waals surface area contributed by atoms with E-state index in [4.69, 9.17) is 0 Å². The van der Waals surface area contributed by atoms with Gasteiger partial charge in [0.15, 0.2) is 0 Å². The Morgan fingerprint density at radius 2 is 2.05 bits per heavy atom. The molecule has 1 aromatic carbocycles. The molecule has 0 fully saturated rings. The fourth-order valence-electron chi connectivity index (χ4n) is 2.01. The number of anilines is 1. The molecule has 21 heavy (non-hydrogen) atoms. The molecule has 1 aromatic heterocycles. The van der Waals surface area contributed by atoms with Gasteiger partial charge in [-0.15, -0.1) is 0 Å². The van der Waals surface area contributed by atoms with Crippen LogP contribution in [0.4, 0.5) is 10.2 Å². The second kappa shape index (κ2) is 6.49. The summed E-state index contributed by atoms with van der Waals surface area (Å²) in [5.74, 6) is 0.113. The minimum absolute atomic E-state index is 0.142. The van der Waals surface area contributed by atoms with Crippen molar-refractivity contribution < 1.29 is 14.6 Å². The van der Waals surface area contributed by atoms with Gasteiger partial charge < -0.3 is 15.1 Å². The molecule has 0 atom stereocenters. The molecular formula is C15H18FN3O2. The van der Waals surface area contributed by atoms with Crippen LogP contribution in [-0.4, -0.2) is 33.5 Å². The fraction of sp³-hybridized carbons (Fsp3) is 0.333. The van der Waals surface area contributed by atoms with Gasteiger partial charge in [-0.1, -0.05) is 13.8 Å². The molecule has 2 rings (SSSR count). The highest BCUT2D eigenvalue weighted by molar-refractivity contribution is 5.61. The average Bonchev–Trinajstić information content (AvgIpc) is 2.44. The minimum Gasteiger partial charge on any atom is -0.508 e. The van der Waals surface area contributed by atoms with Crippen LogP contribution in [0.2, 0.25) is 0 Å². The fourth-order valence-corrected chi connectivity index (χ4v) is 2.01. The molecular weight excluding hydrogens is 273 g/mol. The Labute approximate surface area is 122 Å². The first kappa shape index (κ1) is 15.2. The Morgan fingerprint density at radius 3 is 2.67 bits per heavy atom. The van der Waals surface area contributed by atoms with Crippen LogP contribution in [0.5, 0.6) is 5.75 Å². The number of halogens is 1. The van der Waals surface area contributed by atoms with Crippen molar-refractivity contribution in [2.45, 2.75) is 13.8 Å². The molecule has 0 radical (unpaired) electrons. The summed E-state index contributed by atoms with van der Waals surface area (Å²) in [6.07, 6.45) is 2.98. The molecule has 0 saturated carbocycles. The van der Waals surface area contributed by atoms with E-state index < -0.39 is 5.82 Å². The average molecular weight is 291 g/mol. The molecule has 0 aliphatic carbocycles. The normalized spacial score (nSPS) is 10.9. The van der Waals surface area contributed by atoms with Gasteiger partial charge in [-0.05, 0) is 18.1 Å². The number of aromatic nitrogens is 2. The number of benzene rings is 1. The third kappa shape index (κ3) is 3.66. The Morgan fingerprint density at radius 1 is 1.29 bits per heavy atom. The Hall–Kier alpha value is -2.21. The summed E-state index contributed by atoms with van der Waals surface area (Å²) >= 11 is 0. The molecule has 0 bridgehead atoms. The zero-order valence-electron chi connectivity index (χ0n) is 12.0. The molecule has 5 nitrogen and oxygen atoms in total. The lowest BCUT2D eigenvalue weighted by atomic mass is 10.1. The number of phenolic OH excluding ortho intramolecular Hbond substituents is 1. The van der Waals surface area contributed by atoms with Crippen molar-refractivity contribution in [1.82, 2.24) is 9.97 Å². The first-order chi connectivity index (χ1) is 10.0. The number of rotatable bonds is 5. The van der Waals surface area contributed by atoms with E-state index >= 15 is 0 Å². The van der Waals surface area contributed by atoms with Gasteiger partial charge in [0.1, 0.15) is 24.1 Å². The van der Waals surface area contributed by atoms with Gasteiger partial charge in [-0.2, -0.15) is 0 Å². The predicted octanol–water partition coefficient (Wildman–Crippen LogP) is 2.40. The highest BCUT2D eigenvalue weighted by Crippen LogP contribution is 2.25. The molecule has 0 aliphatic heterocycles. The second-order valence-electron chi connectivity index (χ2n) is 5.18. The summed E-state index contributed by atoms with van der Waals surface area (Å²) in [6.45, 7) is 4.49. The minimum atomic E-state index is -0.569. The van der Waals surface area contributed by atoms with E-state index in [2.05, 4.69) is 9.97 Å². The number of nitrogens with zero attached hydrogens (tertiary/aromatic N) is 3. The first-order valence-corrected chi connectivity index (χ1v) is 6.68. The number of aliphatic hydroxyl groups excluding tert-OH is 1. The number of aromatic hydroxyl groups is 1. The molecule has 2 N–H and O–H groups in total. The van der Waals surface area contributed by atoms with E-state index in [1.165, 1.54) is 24.5 Å². The van der Waals surface area contributed by atoms with Crippen molar-refractivity contribution >= 4 is 5.82 Å². The van der Waals surface area contributed by atoms with Gasteiger partial charge >= 0.3 is 0 Å². The van der Waals surface area contributed by atoms with E-state index in [1.54, 1.807) is 4.90 Å². The van der Waals surface area contributed by atoms with E-state index in [-0.39, 0.29) is 18.0 Å². The number of aliphatic hydroxyl groups is 1. The van der Waals surface area contributed by atoms with Gasteiger partial charge in [0.05, 0.1) is 18.1 Å². The lowest BCUT2D eigenvalue weighted by Gasteiger charge is -2.23. The van der Waals surface area contributed by atoms with Crippen molar-refractivity contribution in [3.05, 3.63) is 36.4 Å². The molecule has 6 heteroatoms. The molecule has 1 heterocycles. The quantitative estimate of drug-likeness (QED) is 0.828. The maximum Gasteiger partial charge on any atom is 0.149 e. The number of phenols is 1. The lowest BCUT2D eigenvalue weighted by Crippen LogP contribution is -2.29. The van der Waals surface area contributed by atoms with Crippen molar-refractivity contribution in [3.8, 4) is 17.0 Å². The lowest BCUT2D eigenvalue weighted by molar-refractivity contribution is 0.284. The number of hydrogen-bond donors (Lipinski definition) is 2. The van der Waals surface area contributed by atoms with Gasteiger partial charge in [-0.3, -0.25) is 4.98 Å². The topological polar surface area (TPSA) is 69.5 Å². The van der Waals surface area contributed by atoms with Crippen LogP contribution in [0.25, 0.3) is 11.3 Å². The standard InChI is InChI=1S/C15H18FN3O2/c1-10(2)8-19(9-20)15-7-17-6-14(18-15)12-4-3-11(21)5-13(12)16/h3-7,10,20-21H,8-9H2,1-2H3. The van der Waals surface area contributed by atoms with E-state index in [0.717, 1.165) is 6.07 Å². The molecule has 0 amide bonds. The second-order valence-corrected chi connectivity index (χ2v) is 5.18. The van der Waals surface area contributed by atoms with Gasteiger partial charge in [0, 0.05) is 18.2 Å². The van der Waals surface area contributed by atoms with Crippen LogP contribution < -0.4 is 4.90 Å².